The second-order valence-electron chi connectivity index (χ2n) is 7.85. The van der Waals surface area contributed by atoms with E-state index in [0.29, 0.717) is 0 Å². The van der Waals surface area contributed by atoms with Crippen molar-refractivity contribution in [1.82, 2.24) is 0 Å². The number of hydrogen-bond donors (Lipinski definition) is 0. The zero-order chi connectivity index (χ0) is 24.8. The summed E-state index contributed by atoms with van der Waals surface area (Å²) in [4.78, 5) is 0. The van der Waals surface area contributed by atoms with E-state index < -0.39 is 0 Å². The number of halogens is 3. The summed E-state index contributed by atoms with van der Waals surface area (Å²) in [5.74, 6) is 0. The second-order valence-corrected chi connectivity index (χ2v) is 10.4. The van der Waals surface area contributed by atoms with Crippen LogP contribution in [0.25, 0.3) is 12.2 Å². The molecule has 0 unspecified atom stereocenters. The van der Waals surface area contributed by atoms with Crippen LogP contribution >= 0.6 is 47.8 Å². The maximum absolute atomic E-state index is 3.48. The predicted octanol–water partition coefficient (Wildman–Crippen LogP) is 11.3. The van der Waals surface area contributed by atoms with Crippen LogP contribution in [0.3, 0.4) is 0 Å². The van der Waals surface area contributed by atoms with Crippen molar-refractivity contribution in [3.63, 3.8) is 0 Å². The Morgan fingerprint density at radius 2 is 1.00 bits per heavy atom. The summed E-state index contributed by atoms with van der Waals surface area (Å²) in [6.07, 6.45) is 10.7. The highest BCUT2D eigenvalue weighted by molar-refractivity contribution is 9.11. The standard InChI is InChI=1S/C10H13Br.2C10H11Br/c3*1-3-4-9-5-6-10(11)8(2)7-9/h5-7H,3-4H2,1-2H3;2*3-7H,1-2H3/b;4-3+;4-3-. The van der Waals surface area contributed by atoms with Gasteiger partial charge in [-0.05, 0) is 92.6 Å². The number of aryl methyl sites for hydroxylation is 4. The summed E-state index contributed by atoms with van der Waals surface area (Å²) in [5.41, 5.74) is 7.84. The summed E-state index contributed by atoms with van der Waals surface area (Å²) < 4.78 is 3.55. The monoisotopic (exact) mass is 632 g/mol. The molecule has 0 heterocycles. The maximum atomic E-state index is 3.48. The van der Waals surface area contributed by atoms with E-state index in [1.807, 2.05) is 26.0 Å². The number of rotatable bonds is 4. The van der Waals surface area contributed by atoms with Crippen LogP contribution in [0.2, 0.25) is 0 Å². The highest BCUT2D eigenvalue weighted by Crippen LogP contribution is 2.19. The number of allylic oxidation sites excluding steroid dienone is 2. The van der Waals surface area contributed by atoms with E-state index in [1.165, 1.54) is 59.6 Å². The molecule has 0 amide bonds. The number of benzene rings is 3. The summed E-state index contributed by atoms with van der Waals surface area (Å²) in [6, 6.07) is 19.2. The fourth-order valence-electron chi connectivity index (χ4n) is 3.08. The van der Waals surface area contributed by atoms with Gasteiger partial charge >= 0.3 is 0 Å². The molecule has 0 nitrogen and oxygen atoms in total. The molecule has 0 aliphatic rings. The van der Waals surface area contributed by atoms with Crippen LogP contribution in [0.1, 0.15) is 60.6 Å². The van der Waals surface area contributed by atoms with Crippen LogP contribution in [-0.4, -0.2) is 0 Å². The van der Waals surface area contributed by atoms with E-state index in [0.717, 1.165) is 0 Å². The third kappa shape index (κ3) is 11.5. The lowest BCUT2D eigenvalue weighted by Gasteiger charge is -2.01. The van der Waals surface area contributed by atoms with Crippen molar-refractivity contribution in [1.29, 1.82) is 0 Å². The Hall–Kier alpha value is -1.42. The topological polar surface area (TPSA) is 0 Å². The summed E-state index contributed by atoms with van der Waals surface area (Å²) in [6.45, 7) is 12.6. The van der Waals surface area contributed by atoms with Crippen molar-refractivity contribution in [2.24, 2.45) is 0 Å². The smallest absolute Gasteiger partial charge is 0.0204 e. The molecule has 0 atom stereocenters. The molecular formula is C30H35Br3. The first-order chi connectivity index (χ1) is 15.7. The molecule has 3 rings (SSSR count). The Morgan fingerprint density at radius 1 is 0.606 bits per heavy atom. The molecule has 0 aliphatic carbocycles. The molecule has 0 aromatic heterocycles. The first-order valence-electron chi connectivity index (χ1n) is 11.2. The Kier molecular flexibility index (Phi) is 14.6. The van der Waals surface area contributed by atoms with Gasteiger partial charge in [0.15, 0.2) is 0 Å². The molecule has 176 valence electrons. The fourth-order valence-corrected chi connectivity index (χ4v) is 3.82. The molecule has 0 spiro atoms. The predicted molar refractivity (Wildman–Crippen MR) is 160 cm³/mol. The van der Waals surface area contributed by atoms with Crippen LogP contribution in [0.4, 0.5) is 0 Å². The first-order valence-corrected chi connectivity index (χ1v) is 13.6. The van der Waals surface area contributed by atoms with Gasteiger partial charge in [0.2, 0.25) is 0 Å². The van der Waals surface area contributed by atoms with Gasteiger partial charge in [0.05, 0.1) is 0 Å². The largest absolute Gasteiger partial charge is 0.0871 e. The molecule has 33 heavy (non-hydrogen) atoms. The maximum Gasteiger partial charge on any atom is 0.0204 e. The SMILES string of the molecule is C/C=C/c1ccc(Br)c(C)c1.C/C=C\c1ccc(Br)c(C)c1.CCCc1ccc(Br)c(C)c1. The molecule has 0 saturated heterocycles. The zero-order valence-corrected chi connectivity index (χ0v) is 25.3. The molecule has 0 radical (unpaired) electrons. The van der Waals surface area contributed by atoms with Gasteiger partial charge in [0.1, 0.15) is 0 Å². The third-order valence-electron chi connectivity index (χ3n) is 4.84. The minimum absolute atomic E-state index is 1.17. The summed E-state index contributed by atoms with van der Waals surface area (Å²) >= 11 is 10.4. The van der Waals surface area contributed by atoms with Gasteiger partial charge in [-0.1, -0.05) is 122 Å². The molecule has 3 heteroatoms. The van der Waals surface area contributed by atoms with Crippen LogP contribution in [-0.2, 0) is 6.42 Å². The minimum Gasteiger partial charge on any atom is -0.0871 e. The van der Waals surface area contributed by atoms with Crippen molar-refractivity contribution in [2.45, 2.75) is 54.4 Å². The van der Waals surface area contributed by atoms with E-state index in [1.54, 1.807) is 0 Å². The lowest BCUT2D eigenvalue weighted by Crippen LogP contribution is -1.84. The quantitative estimate of drug-likeness (QED) is 0.268. The van der Waals surface area contributed by atoms with Crippen molar-refractivity contribution < 1.29 is 0 Å². The summed E-state index contributed by atoms with van der Waals surface area (Å²) in [5, 5.41) is 0. The van der Waals surface area contributed by atoms with Crippen molar-refractivity contribution >= 4 is 59.9 Å². The van der Waals surface area contributed by atoms with E-state index in [9.17, 15) is 0 Å². The average Bonchev–Trinajstić information content (AvgIpc) is 2.78. The third-order valence-corrected chi connectivity index (χ3v) is 7.51. The zero-order valence-electron chi connectivity index (χ0n) is 20.6. The van der Waals surface area contributed by atoms with Gasteiger partial charge in [-0.25, -0.2) is 0 Å². The van der Waals surface area contributed by atoms with Crippen LogP contribution in [0.15, 0.2) is 80.2 Å². The molecule has 0 saturated carbocycles. The van der Waals surface area contributed by atoms with Crippen molar-refractivity contribution in [3.05, 3.63) is 114 Å². The average molecular weight is 635 g/mol. The minimum atomic E-state index is 1.17. The Morgan fingerprint density at radius 3 is 1.33 bits per heavy atom. The normalized spacial score (nSPS) is 10.6. The molecule has 0 aliphatic heterocycles. The number of hydrogen-bond acceptors (Lipinski definition) is 0. The highest BCUT2D eigenvalue weighted by Gasteiger charge is 1.95. The summed E-state index contributed by atoms with van der Waals surface area (Å²) in [7, 11) is 0. The van der Waals surface area contributed by atoms with Crippen LogP contribution < -0.4 is 0 Å². The lowest BCUT2D eigenvalue weighted by molar-refractivity contribution is 0.919. The van der Waals surface area contributed by atoms with E-state index in [2.05, 4.69) is 142 Å². The van der Waals surface area contributed by atoms with E-state index >= 15 is 0 Å². The van der Waals surface area contributed by atoms with Gasteiger partial charge in [-0.3, -0.25) is 0 Å². The molecule has 0 bridgehead atoms. The van der Waals surface area contributed by atoms with Crippen LogP contribution in [0, 0.1) is 20.8 Å². The molecular weight excluding hydrogens is 600 g/mol. The van der Waals surface area contributed by atoms with E-state index in [-0.39, 0.29) is 0 Å². The first kappa shape index (κ1) is 29.6. The van der Waals surface area contributed by atoms with Gasteiger partial charge in [0.25, 0.3) is 0 Å². The van der Waals surface area contributed by atoms with Gasteiger partial charge in [0, 0.05) is 13.4 Å². The fraction of sp³-hybridized carbons (Fsp3) is 0.267. The van der Waals surface area contributed by atoms with Crippen LogP contribution in [0.5, 0.6) is 0 Å². The second kappa shape index (κ2) is 16.2. The molecule has 3 aromatic rings. The van der Waals surface area contributed by atoms with Crippen molar-refractivity contribution in [2.75, 3.05) is 0 Å². The molecule has 0 fully saturated rings. The lowest BCUT2D eigenvalue weighted by atomic mass is 10.1. The Balaban J connectivity index is 0.000000247. The van der Waals surface area contributed by atoms with Gasteiger partial charge in [-0.2, -0.15) is 0 Å². The van der Waals surface area contributed by atoms with Crippen molar-refractivity contribution in [3.8, 4) is 0 Å². The Bertz CT molecular complexity index is 1000. The molecule has 3 aromatic carbocycles. The van der Waals surface area contributed by atoms with E-state index in [4.69, 9.17) is 0 Å². The van der Waals surface area contributed by atoms with Gasteiger partial charge in [-0.15, -0.1) is 0 Å². The van der Waals surface area contributed by atoms with Gasteiger partial charge < -0.3 is 0 Å². The Labute approximate surface area is 226 Å². The molecule has 0 N–H and O–H groups in total. The highest BCUT2D eigenvalue weighted by atomic mass is 79.9.